The van der Waals surface area contributed by atoms with Gasteiger partial charge >= 0.3 is 0 Å². The maximum absolute atomic E-state index is 5.73. The maximum atomic E-state index is 5.73. The highest BCUT2D eigenvalue weighted by molar-refractivity contribution is 7.99. The second kappa shape index (κ2) is 7.15. The molecule has 0 saturated carbocycles. The number of ether oxygens (including phenoxy) is 1. The number of hydrogen-bond acceptors (Lipinski definition) is 2. The molecule has 1 unspecified atom stereocenters. The summed E-state index contributed by atoms with van der Waals surface area (Å²) >= 11 is 7.61. The zero-order chi connectivity index (χ0) is 11.1. The van der Waals surface area contributed by atoms with E-state index in [2.05, 4.69) is 31.2 Å². The molecule has 0 aliphatic carbocycles. The molecule has 1 aromatic rings. The van der Waals surface area contributed by atoms with Crippen LogP contribution in [0.4, 0.5) is 0 Å². The van der Waals surface area contributed by atoms with Crippen molar-refractivity contribution in [1.29, 1.82) is 0 Å². The van der Waals surface area contributed by atoms with E-state index in [-0.39, 0.29) is 0 Å². The number of halogens is 1. The minimum Gasteiger partial charge on any atom is -0.385 e. The van der Waals surface area contributed by atoms with Crippen LogP contribution >= 0.6 is 23.4 Å². The highest BCUT2D eigenvalue weighted by Crippen LogP contribution is 2.25. The number of methoxy groups -OCH3 is 1. The van der Waals surface area contributed by atoms with Gasteiger partial charge in [0, 0.05) is 29.7 Å². The molecule has 0 radical (unpaired) electrons. The zero-order valence-corrected chi connectivity index (χ0v) is 10.8. The number of rotatable bonds is 6. The maximum Gasteiger partial charge on any atom is 0.0474 e. The van der Waals surface area contributed by atoms with E-state index in [1.54, 1.807) is 7.11 Å². The number of thioether (sulfide) groups is 1. The lowest BCUT2D eigenvalue weighted by Crippen LogP contribution is -2.00. The summed E-state index contributed by atoms with van der Waals surface area (Å²) in [5, 5.41) is 0.590. The monoisotopic (exact) mass is 244 g/mol. The van der Waals surface area contributed by atoms with Gasteiger partial charge in [0.25, 0.3) is 0 Å². The van der Waals surface area contributed by atoms with Crippen LogP contribution in [-0.2, 0) is 10.6 Å². The van der Waals surface area contributed by atoms with Crippen molar-refractivity contribution in [2.24, 2.45) is 0 Å². The summed E-state index contributed by atoms with van der Waals surface area (Å²) in [4.78, 5) is 1.30. The van der Waals surface area contributed by atoms with Crippen molar-refractivity contribution >= 4 is 23.4 Å². The average molecular weight is 245 g/mol. The Morgan fingerprint density at radius 1 is 1.33 bits per heavy atom. The first-order valence-corrected chi connectivity index (χ1v) is 6.48. The first kappa shape index (κ1) is 12.9. The van der Waals surface area contributed by atoms with E-state index < -0.39 is 0 Å². The molecule has 0 saturated heterocycles. The molecule has 0 aromatic heterocycles. The predicted molar refractivity (Wildman–Crippen MR) is 67.8 cm³/mol. The van der Waals surface area contributed by atoms with Gasteiger partial charge in [0.1, 0.15) is 0 Å². The van der Waals surface area contributed by atoms with Gasteiger partial charge in [-0.1, -0.05) is 19.1 Å². The van der Waals surface area contributed by atoms with E-state index in [1.807, 2.05) is 11.8 Å². The topological polar surface area (TPSA) is 9.23 Å². The molecule has 1 aromatic carbocycles. The van der Waals surface area contributed by atoms with Crippen molar-refractivity contribution in [2.75, 3.05) is 13.7 Å². The average Bonchev–Trinajstić information content (AvgIpc) is 2.27. The van der Waals surface area contributed by atoms with Crippen LogP contribution in [0, 0.1) is 0 Å². The second-order valence-electron chi connectivity index (χ2n) is 3.49. The van der Waals surface area contributed by atoms with Gasteiger partial charge in [0.05, 0.1) is 0 Å². The Bertz CT molecular complexity index is 273. The molecule has 15 heavy (non-hydrogen) atoms. The molecule has 84 valence electrons. The highest BCUT2D eigenvalue weighted by Gasteiger charge is 2.03. The number of hydrogen-bond donors (Lipinski definition) is 0. The minimum absolute atomic E-state index is 0.587. The Morgan fingerprint density at radius 2 is 2.00 bits per heavy atom. The molecule has 1 atom stereocenters. The third-order valence-electron chi connectivity index (χ3n) is 2.14. The molecule has 0 amide bonds. The molecular formula is C12H17ClOS. The summed E-state index contributed by atoms with van der Waals surface area (Å²) < 4.78 is 5.06. The van der Waals surface area contributed by atoms with Gasteiger partial charge in [-0.25, -0.2) is 0 Å². The normalized spacial score (nSPS) is 12.7. The lowest BCUT2D eigenvalue weighted by Gasteiger charge is -2.10. The Balaban J connectivity index is 2.42. The fourth-order valence-corrected chi connectivity index (χ4v) is 2.38. The summed E-state index contributed by atoms with van der Waals surface area (Å²) in [6, 6.07) is 8.42. The number of benzene rings is 1. The number of alkyl halides is 1. The Morgan fingerprint density at radius 3 is 2.53 bits per heavy atom. The summed E-state index contributed by atoms with van der Waals surface area (Å²) in [5.74, 6) is 0.587. The van der Waals surface area contributed by atoms with E-state index >= 15 is 0 Å². The van der Waals surface area contributed by atoms with Gasteiger partial charge in [0.2, 0.25) is 0 Å². The molecule has 0 heterocycles. The van der Waals surface area contributed by atoms with Gasteiger partial charge in [-0.15, -0.1) is 23.4 Å². The molecule has 0 bridgehead atoms. The third kappa shape index (κ3) is 4.92. The highest BCUT2D eigenvalue weighted by atomic mass is 35.5. The Hall–Kier alpha value is -0.180. The standard InChI is InChI=1S/C12H17ClOS/c1-10(7-8-14-2)15-12-5-3-11(9-13)4-6-12/h3-6,10H,7-9H2,1-2H3. The summed E-state index contributed by atoms with van der Waals surface area (Å²) in [7, 11) is 1.74. The van der Waals surface area contributed by atoms with Crippen molar-refractivity contribution in [3.05, 3.63) is 29.8 Å². The van der Waals surface area contributed by atoms with Crippen LogP contribution in [0.5, 0.6) is 0 Å². The first-order chi connectivity index (χ1) is 7.26. The lowest BCUT2D eigenvalue weighted by atomic mass is 10.2. The van der Waals surface area contributed by atoms with Crippen molar-refractivity contribution in [3.63, 3.8) is 0 Å². The van der Waals surface area contributed by atoms with Crippen molar-refractivity contribution in [3.8, 4) is 0 Å². The molecule has 0 N–H and O–H groups in total. The molecule has 3 heteroatoms. The summed E-state index contributed by atoms with van der Waals surface area (Å²) in [6.07, 6.45) is 1.08. The second-order valence-corrected chi connectivity index (χ2v) is 5.27. The molecular weight excluding hydrogens is 228 g/mol. The van der Waals surface area contributed by atoms with E-state index in [1.165, 1.54) is 10.5 Å². The lowest BCUT2D eigenvalue weighted by molar-refractivity contribution is 0.195. The van der Waals surface area contributed by atoms with E-state index in [0.29, 0.717) is 11.1 Å². The SMILES string of the molecule is COCCC(C)Sc1ccc(CCl)cc1. The molecule has 0 spiro atoms. The van der Waals surface area contributed by atoms with Gasteiger partial charge < -0.3 is 4.74 Å². The van der Waals surface area contributed by atoms with Crippen LogP contribution < -0.4 is 0 Å². The summed E-state index contributed by atoms with van der Waals surface area (Å²) in [6.45, 7) is 3.05. The fraction of sp³-hybridized carbons (Fsp3) is 0.500. The van der Waals surface area contributed by atoms with Gasteiger partial charge in [0.15, 0.2) is 0 Å². The molecule has 1 rings (SSSR count). The smallest absolute Gasteiger partial charge is 0.0474 e. The largest absolute Gasteiger partial charge is 0.385 e. The van der Waals surface area contributed by atoms with Gasteiger partial charge in [-0.2, -0.15) is 0 Å². The quantitative estimate of drug-likeness (QED) is 0.554. The van der Waals surface area contributed by atoms with E-state index in [0.717, 1.165) is 13.0 Å². The van der Waals surface area contributed by atoms with Crippen molar-refractivity contribution in [2.45, 2.75) is 29.4 Å². The van der Waals surface area contributed by atoms with Crippen molar-refractivity contribution < 1.29 is 4.74 Å². The third-order valence-corrected chi connectivity index (χ3v) is 3.63. The van der Waals surface area contributed by atoms with Crippen LogP contribution in [0.25, 0.3) is 0 Å². The minimum atomic E-state index is 0.587. The van der Waals surface area contributed by atoms with Crippen LogP contribution in [0.2, 0.25) is 0 Å². The van der Waals surface area contributed by atoms with Crippen LogP contribution in [0.3, 0.4) is 0 Å². The van der Waals surface area contributed by atoms with Gasteiger partial charge in [-0.05, 0) is 24.1 Å². The van der Waals surface area contributed by atoms with Gasteiger partial charge in [-0.3, -0.25) is 0 Å². The Labute approximate surface area is 101 Å². The predicted octanol–water partition coefficient (Wildman–Crippen LogP) is 3.94. The molecule has 0 fully saturated rings. The van der Waals surface area contributed by atoms with Crippen LogP contribution in [-0.4, -0.2) is 19.0 Å². The zero-order valence-electron chi connectivity index (χ0n) is 9.20. The van der Waals surface area contributed by atoms with Crippen LogP contribution in [0.15, 0.2) is 29.2 Å². The van der Waals surface area contributed by atoms with E-state index in [9.17, 15) is 0 Å². The van der Waals surface area contributed by atoms with E-state index in [4.69, 9.17) is 16.3 Å². The molecule has 1 nitrogen and oxygen atoms in total. The summed E-state index contributed by atoms with van der Waals surface area (Å²) in [5.41, 5.74) is 1.17. The van der Waals surface area contributed by atoms with Crippen molar-refractivity contribution in [1.82, 2.24) is 0 Å². The Kier molecular flexibility index (Phi) is 6.15. The first-order valence-electron chi connectivity index (χ1n) is 5.06. The fourth-order valence-electron chi connectivity index (χ4n) is 1.23. The van der Waals surface area contributed by atoms with Crippen LogP contribution in [0.1, 0.15) is 18.9 Å². The molecule has 0 aliphatic heterocycles. The molecule has 0 aliphatic rings.